The fourth-order valence-corrected chi connectivity index (χ4v) is 3.37. The van der Waals surface area contributed by atoms with Crippen LogP contribution in [0.3, 0.4) is 0 Å². The number of hydrogen-bond donors (Lipinski definition) is 1. The summed E-state index contributed by atoms with van der Waals surface area (Å²) in [5, 5.41) is 7.61. The van der Waals surface area contributed by atoms with Gasteiger partial charge in [-0.25, -0.2) is 9.07 Å². The molecule has 0 saturated heterocycles. The van der Waals surface area contributed by atoms with Crippen LogP contribution < -0.4 is 10.1 Å². The third-order valence-corrected chi connectivity index (χ3v) is 4.45. The Labute approximate surface area is 137 Å². The van der Waals surface area contributed by atoms with E-state index in [-0.39, 0.29) is 11.9 Å². The quantitative estimate of drug-likeness (QED) is 0.748. The van der Waals surface area contributed by atoms with Crippen molar-refractivity contribution in [2.45, 2.75) is 6.04 Å². The molecule has 0 saturated carbocycles. The van der Waals surface area contributed by atoms with Gasteiger partial charge in [0.15, 0.2) is 0 Å². The molecule has 5 nitrogen and oxygen atoms in total. The van der Waals surface area contributed by atoms with Gasteiger partial charge in [-0.1, -0.05) is 30.3 Å². The lowest BCUT2D eigenvalue weighted by Crippen LogP contribution is -2.30. The van der Waals surface area contributed by atoms with E-state index < -0.39 is 0 Å². The highest BCUT2D eigenvalue weighted by molar-refractivity contribution is 5.84. The van der Waals surface area contributed by atoms with Gasteiger partial charge < -0.3 is 10.1 Å². The Morgan fingerprint density at radius 2 is 1.96 bits per heavy atom. The van der Waals surface area contributed by atoms with E-state index in [4.69, 9.17) is 4.74 Å². The smallest absolute Gasteiger partial charge is 0.226 e. The number of para-hydroxylation sites is 1. The largest absolute Gasteiger partial charge is 0.488 e. The molecule has 1 N–H and O–H groups in total. The Balaban J connectivity index is 1.77. The molecule has 2 aliphatic heterocycles. The van der Waals surface area contributed by atoms with Crippen LogP contribution in [0, 0.1) is 5.82 Å². The second-order valence-corrected chi connectivity index (χ2v) is 5.76. The molecule has 24 heavy (non-hydrogen) atoms. The van der Waals surface area contributed by atoms with Crippen molar-refractivity contribution in [3.05, 3.63) is 77.4 Å². The molecule has 118 valence electrons. The highest BCUT2D eigenvalue weighted by Gasteiger charge is 2.35. The number of benzene rings is 2. The molecule has 6 heteroatoms. The minimum absolute atomic E-state index is 0.267. The van der Waals surface area contributed by atoms with Crippen LogP contribution in [-0.4, -0.2) is 21.4 Å². The van der Waals surface area contributed by atoms with Crippen LogP contribution in [0.5, 0.6) is 5.75 Å². The van der Waals surface area contributed by atoms with Gasteiger partial charge in [-0.15, -0.1) is 0 Å². The summed E-state index contributed by atoms with van der Waals surface area (Å²) in [6, 6.07) is 14.2. The van der Waals surface area contributed by atoms with Crippen LogP contribution in [-0.2, 0) is 0 Å². The third kappa shape index (κ3) is 1.79. The van der Waals surface area contributed by atoms with Crippen LogP contribution in [0.2, 0.25) is 0 Å². The Morgan fingerprint density at radius 1 is 1.12 bits per heavy atom. The third-order valence-electron chi connectivity index (χ3n) is 4.45. The van der Waals surface area contributed by atoms with Crippen LogP contribution in [0.15, 0.2) is 60.4 Å². The zero-order chi connectivity index (χ0) is 16.1. The van der Waals surface area contributed by atoms with Crippen molar-refractivity contribution in [3.63, 3.8) is 0 Å². The van der Waals surface area contributed by atoms with Gasteiger partial charge in [-0.3, -0.25) is 0 Å². The highest BCUT2D eigenvalue weighted by atomic mass is 19.1. The summed E-state index contributed by atoms with van der Waals surface area (Å²) >= 11 is 0. The van der Waals surface area contributed by atoms with Crippen molar-refractivity contribution in [1.82, 2.24) is 14.8 Å². The number of nitrogens with one attached hydrogen (secondary N) is 1. The zero-order valence-electron chi connectivity index (χ0n) is 12.6. The summed E-state index contributed by atoms with van der Waals surface area (Å²) < 4.78 is 22.1. The SMILES string of the molecule is Fc1ccccc1[C@@H]1C2=C(Nc3ncnn31)c1ccccc1OC2. The maximum atomic E-state index is 14.5. The number of halogens is 1. The van der Waals surface area contributed by atoms with Crippen LogP contribution in [0.1, 0.15) is 17.2 Å². The van der Waals surface area contributed by atoms with E-state index in [1.807, 2.05) is 30.3 Å². The molecular weight excluding hydrogens is 307 g/mol. The normalized spacial score (nSPS) is 18.1. The molecule has 0 aliphatic carbocycles. The molecule has 0 spiro atoms. The van der Waals surface area contributed by atoms with E-state index in [1.54, 1.807) is 16.8 Å². The summed E-state index contributed by atoms with van der Waals surface area (Å²) in [5.41, 5.74) is 3.37. The summed E-state index contributed by atoms with van der Waals surface area (Å²) in [4.78, 5) is 4.27. The number of rotatable bonds is 1. The molecule has 0 unspecified atom stereocenters. The predicted octanol–water partition coefficient (Wildman–Crippen LogP) is 3.24. The highest BCUT2D eigenvalue weighted by Crippen LogP contribution is 2.43. The van der Waals surface area contributed by atoms with E-state index in [9.17, 15) is 4.39 Å². The van der Waals surface area contributed by atoms with Gasteiger partial charge in [0.1, 0.15) is 30.5 Å². The van der Waals surface area contributed by atoms with E-state index in [0.29, 0.717) is 18.1 Å². The second-order valence-electron chi connectivity index (χ2n) is 5.76. The maximum Gasteiger partial charge on any atom is 0.226 e. The lowest BCUT2D eigenvalue weighted by molar-refractivity contribution is 0.326. The lowest BCUT2D eigenvalue weighted by Gasteiger charge is -2.34. The minimum atomic E-state index is -0.381. The van der Waals surface area contributed by atoms with Gasteiger partial charge in [0.25, 0.3) is 0 Å². The molecule has 5 rings (SSSR count). The number of ether oxygens (including phenoxy) is 1. The Bertz CT molecular complexity index is 978. The number of fused-ring (bicyclic) bond motifs is 3. The maximum absolute atomic E-state index is 14.5. The van der Waals surface area contributed by atoms with Gasteiger partial charge in [-0.05, 0) is 18.2 Å². The fraction of sp³-hybridized carbons (Fsp3) is 0.111. The molecule has 2 aromatic carbocycles. The monoisotopic (exact) mass is 320 g/mol. The molecule has 0 amide bonds. The molecule has 2 aliphatic rings. The molecule has 1 aromatic heterocycles. The van der Waals surface area contributed by atoms with Crippen LogP contribution in [0.4, 0.5) is 10.3 Å². The average molecular weight is 320 g/mol. The van der Waals surface area contributed by atoms with Crippen molar-refractivity contribution >= 4 is 11.6 Å². The molecule has 3 aromatic rings. The van der Waals surface area contributed by atoms with E-state index in [0.717, 1.165) is 22.6 Å². The first kappa shape index (κ1) is 13.3. The van der Waals surface area contributed by atoms with Gasteiger partial charge in [0.05, 0.1) is 5.70 Å². The zero-order valence-corrected chi connectivity index (χ0v) is 12.6. The number of hydrogen-bond acceptors (Lipinski definition) is 4. The lowest BCUT2D eigenvalue weighted by atomic mass is 9.91. The number of anilines is 1. The molecular formula is C18H13FN4O. The topological polar surface area (TPSA) is 52.0 Å². The fourth-order valence-electron chi connectivity index (χ4n) is 3.37. The van der Waals surface area contributed by atoms with E-state index in [2.05, 4.69) is 15.4 Å². The summed E-state index contributed by atoms with van der Waals surface area (Å²) in [5.74, 6) is 1.14. The summed E-state index contributed by atoms with van der Waals surface area (Å²) in [6.07, 6.45) is 1.47. The average Bonchev–Trinajstić information content (AvgIpc) is 3.08. The van der Waals surface area contributed by atoms with Gasteiger partial charge in [0, 0.05) is 16.7 Å². The van der Waals surface area contributed by atoms with Gasteiger partial charge >= 0.3 is 0 Å². The van der Waals surface area contributed by atoms with Gasteiger partial charge in [0.2, 0.25) is 5.95 Å². The molecule has 1 atom stereocenters. The standard InChI is InChI=1S/C18H13FN4O/c19-14-7-3-1-5-11(14)17-13-9-24-15-8-4-2-6-12(15)16(13)22-18-20-10-21-23(17)18/h1-8,10,17H,9H2,(H,20,21,22)/t17-/m1/s1. The first-order chi connectivity index (χ1) is 11.8. The van der Waals surface area contributed by atoms with E-state index >= 15 is 0 Å². The van der Waals surface area contributed by atoms with Crippen molar-refractivity contribution in [2.75, 3.05) is 11.9 Å². The molecule has 3 heterocycles. The van der Waals surface area contributed by atoms with E-state index in [1.165, 1.54) is 12.4 Å². The summed E-state index contributed by atoms with van der Waals surface area (Å²) in [6.45, 7) is 0.373. The first-order valence-corrected chi connectivity index (χ1v) is 7.69. The van der Waals surface area contributed by atoms with Crippen molar-refractivity contribution in [1.29, 1.82) is 0 Å². The second kappa shape index (κ2) is 4.92. The number of nitrogens with zero attached hydrogens (tertiary/aromatic N) is 3. The molecule has 0 bridgehead atoms. The minimum Gasteiger partial charge on any atom is -0.488 e. The number of aromatic nitrogens is 3. The van der Waals surface area contributed by atoms with Crippen LogP contribution in [0.25, 0.3) is 5.70 Å². The van der Waals surface area contributed by atoms with Crippen LogP contribution >= 0.6 is 0 Å². The van der Waals surface area contributed by atoms with Crippen molar-refractivity contribution in [2.24, 2.45) is 0 Å². The Kier molecular flexibility index (Phi) is 2.73. The predicted molar refractivity (Wildman–Crippen MR) is 87.0 cm³/mol. The van der Waals surface area contributed by atoms with Gasteiger partial charge in [-0.2, -0.15) is 10.1 Å². The molecule has 0 radical (unpaired) electrons. The summed E-state index contributed by atoms with van der Waals surface area (Å²) in [7, 11) is 0. The first-order valence-electron chi connectivity index (χ1n) is 7.69. The molecule has 0 fully saturated rings. The van der Waals surface area contributed by atoms with Crippen molar-refractivity contribution in [3.8, 4) is 5.75 Å². The Hall–Kier alpha value is -3.15. The Morgan fingerprint density at radius 3 is 2.88 bits per heavy atom. The van der Waals surface area contributed by atoms with Crippen molar-refractivity contribution < 1.29 is 9.13 Å².